The molecule has 0 unspecified atom stereocenters. The van der Waals surface area contributed by atoms with Gasteiger partial charge in [0.05, 0.1) is 31.5 Å². The monoisotopic (exact) mass is 428 g/mol. The third-order valence-corrected chi connectivity index (χ3v) is 5.63. The fourth-order valence-electron chi connectivity index (χ4n) is 3.28. The molecule has 1 aliphatic heterocycles. The Bertz CT molecular complexity index is 858. The van der Waals surface area contributed by atoms with Crippen LogP contribution in [0.5, 0.6) is 0 Å². The molecule has 0 atom stereocenters. The number of morpholine rings is 1. The number of nitrogens with zero attached hydrogens (tertiary/aromatic N) is 6. The Morgan fingerprint density at radius 3 is 2.67 bits per heavy atom. The first kappa shape index (κ1) is 22.1. The van der Waals surface area contributed by atoms with Gasteiger partial charge in [-0.25, -0.2) is 0 Å². The number of carbonyl (C=O) groups excluding carboxylic acids is 1. The lowest BCUT2D eigenvalue weighted by molar-refractivity contribution is -0.116. The number of nitriles is 1. The summed E-state index contributed by atoms with van der Waals surface area (Å²) in [6.07, 6.45) is 0.288. The highest BCUT2D eigenvalue weighted by atomic mass is 32.2. The highest BCUT2D eigenvalue weighted by Gasteiger charge is 2.23. The van der Waals surface area contributed by atoms with Gasteiger partial charge in [-0.1, -0.05) is 43.8 Å². The Morgan fingerprint density at radius 1 is 1.27 bits per heavy atom. The molecule has 0 N–H and O–H groups in total. The van der Waals surface area contributed by atoms with E-state index in [0.717, 1.165) is 36.4 Å². The van der Waals surface area contributed by atoms with Gasteiger partial charge >= 0.3 is 0 Å². The van der Waals surface area contributed by atoms with Gasteiger partial charge in [-0.3, -0.25) is 9.36 Å². The lowest BCUT2D eigenvalue weighted by atomic mass is 10.2. The summed E-state index contributed by atoms with van der Waals surface area (Å²) in [4.78, 5) is 16.8. The summed E-state index contributed by atoms with van der Waals surface area (Å²) in [5, 5.41) is 18.5. The van der Waals surface area contributed by atoms with E-state index in [9.17, 15) is 4.79 Å². The topological polar surface area (TPSA) is 87.3 Å². The summed E-state index contributed by atoms with van der Waals surface area (Å²) in [6.45, 7) is 8.40. The van der Waals surface area contributed by atoms with Crippen molar-refractivity contribution in [2.45, 2.75) is 32.0 Å². The third kappa shape index (κ3) is 5.74. The first-order valence-electron chi connectivity index (χ1n) is 10.2. The van der Waals surface area contributed by atoms with E-state index in [4.69, 9.17) is 10.00 Å². The van der Waals surface area contributed by atoms with E-state index in [2.05, 4.69) is 39.6 Å². The number of amides is 1. The molecule has 30 heavy (non-hydrogen) atoms. The van der Waals surface area contributed by atoms with E-state index in [1.165, 1.54) is 11.8 Å². The van der Waals surface area contributed by atoms with E-state index in [0.29, 0.717) is 25.7 Å². The van der Waals surface area contributed by atoms with Crippen LogP contribution in [-0.2, 0) is 16.1 Å². The van der Waals surface area contributed by atoms with Crippen molar-refractivity contribution >= 4 is 29.3 Å². The van der Waals surface area contributed by atoms with Crippen LogP contribution in [0, 0.1) is 17.2 Å². The Morgan fingerprint density at radius 2 is 2.00 bits per heavy atom. The van der Waals surface area contributed by atoms with Gasteiger partial charge < -0.3 is 14.5 Å². The van der Waals surface area contributed by atoms with Crippen LogP contribution < -0.4 is 9.80 Å². The average Bonchev–Trinajstić information content (AvgIpc) is 3.15. The molecule has 3 rings (SSSR count). The standard InChI is InChI=1S/C21H28N6O2S/c1-17(2)15-27-20(25-11-13-29-14-12-25)23-24-21(27)30-16-19(28)26(10-6-9-22)18-7-4-3-5-8-18/h3-5,7-8,17H,6,10-16H2,1-2H3. The molecule has 0 saturated carbocycles. The van der Waals surface area contributed by atoms with Crippen molar-refractivity contribution in [3.05, 3.63) is 30.3 Å². The minimum absolute atomic E-state index is 0.0477. The maximum absolute atomic E-state index is 13.0. The summed E-state index contributed by atoms with van der Waals surface area (Å²) < 4.78 is 7.56. The molecule has 1 saturated heterocycles. The molecule has 2 heterocycles. The molecule has 9 heteroatoms. The number of hydrogen-bond acceptors (Lipinski definition) is 7. The maximum Gasteiger partial charge on any atom is 0.237 e. The molecule has 1 aromatic heterocycles. The van der Waals surface area contributed by atoms with Gasteiger partial charge in [-0.15, -0.1) is 10.2 Å². The number of rotatable bonds is 9. The number of thioether (sulfide) groups is 1. The Balaban J connectivity index is 1.73. The zero-order valence-corrected chi connectivity index (χ0v) is 18.3. The SMILES string of the molecule is CC(C)Cn1c(SCC(=O)N(CCC#N)c2ccccc2)nnc1N1CCOCC1. The van der Waals surface area contributed by atoms with Crippen LogP contribution in [-0.4, -0.2) is 59.3 Å². The van der Waals surface area contributed by atoms with Gasteiger partial charge in [0.25, 0.3) is 0 Å². The number of benzene rings is 1. The van der Waals surface area contributed by atoms with Crippen LogP contribution in [0.1, 0.15) is 20.3 Å². The summed E-state index contributed by atoms with van der Waals surface area (Å²) in [5.74, 6) is 1.45. The van der Waals surface area contributed by atoms with Gasteiger partial charge in [0.15, 0.2) is 5.16 Å². The Labute approximate surface area is 181 Å². The zero-order valence-electron chi connectivity index (χ0n) is 17.5. The number of ether oxygens (including phenoxy) is 1. The van der Waals surface area contributed by atoms with E-state index in [-0.39, 0.29) is 18.1 Å². The van der Waals surface area contributed by atoms with Crippen LogP contribution >= 0.6 is 11.8 Å². The van der Waals surface area contributed by atoms with Gasteiger partial charge in [0.1, 0.15) is 0 Å². The van der Waals surface area contributed by atoms with Crippen LogP contribution in [0.2, 0.25) is 0 Å². The minimum atomic E-state index is -0.0477. The highest BCUT2D eigenvalue weighted by Crippen LogP contribution is 2.25. The predicted molar refractivity (Wildman–Crippen MR) is 118 cm³/mol. The van der Waals surface area contributed by atoms with Gasteiger partial charge in [-0.2, -0.15) is 5.26 Å². The van der Waals surface area contributed by atoms with E-state index < -0.39 is 0 Å². The van der Waals surface area contributed by atoms with Gasteiger partial charge in [-0.05, 0) is 18.1 Å². The fraction of sp³-hybridized carbons (Fsp3) is 0.524. The van der Waals surface area contributed by atoms with Crippen molar-refractivity contribution in [1.29, 1.82) is 5.26 Å². The van der Waals surface area contributed by atoms with E-state index in [1.807, 2.05) is 30.3 Å². The first-order valence-corrected chi connectivity index (χ1v) is 11.2. The number of anilines is 2. The van der Waals surface area contributed by atoms with E-state index in [1.54, 1.807) is 4.90 Å². The van der Waals surface area contributed by atoms with Gasteiger partial charge in [0, 0.05) is 31.9 Å². The molecule has 1 amide bonds. The summed E-state index contributed by atoms with van der Waals surface area (Å²) in [6, 6.07) is 11.6. The van der Waals surface area contributed by atoms with Gasteiger partial charge in [0.2, 0.25) is 11.9 Å². The molecule has 1 fully saturated rings. The van der Waals surface area contributed by atoms with Crippen molar-refractivity contribution in [2.75, 3.05) is 48.4 Å². The Hall–Kier alpha value is -2.57. The molecule has 1 aromatic carbocycles. The smallest absolute Gasteiger partial charge is 0.237 e. The van der Waals surface area contributed by atoms with Crippen molar-refractivity contribution in [3.8, 4) is 6.07 Å². The van der Waals surface area contributed by atoms with Crippen LogP contribution in [0.15, 0.2) is 35.5 Å². The number of carbonyl (C=O) groups is 1. The van der Waals surface area contributed by atoms with Crippen LogP contribution in [0.3, 0.4) is 0 Å². The van der Waals surface area contributed by atoms with E-state index >= 15 is 0 Å². The quantitative estimate of drug-likeness (QED) is 0.568. The Kier molecular flexibility index (Phi) is 8.11. The molecule has 8 nitrogen and oxygen atoms in total. The molecule has 160 valence electrons. The summed E-state index contributed by atoms with van der Waals surface area (Å²) in [5.41, 5.74) is 0.802. The van der Waals surface area contributed by atoms with Crippen LogP contribution in [0.25, 0.3) is 0 Å². The minimum Gasteiger partial charge on any atom is -0.378 e. The number of para-hydroxylation sites is 1. The zero-order chi connectivity index (χ0) is 21.3. The van der Waals surface area contributed by atoms with Crippen molar-refractivity contribution in [3.63, 3.8) is 0 Å². The molecule has 1 aliphatic rings. The summed E-state index contributed by atoms with van der Waals surface area (Å²) in [7, 11) is 0. The number of hydrogen-bond donors (Lipinski definition) is 0. The molecular formula is C21H28N6O2S. The van der Waals surface area contributed by atoms with Crippen molar-refractivity contribution in [1.82, 2.24) is 14.8 Å². The van der Waals surface area contributed by atoms with Crippen molar-refractivity contribution in [2.24, 2.45) is 5.92 Å². The van der Waals surface area contributed by atoms with Crippen LogP contribution in [0.4, 0.5) is 11.6 Å². The third-order valence-electron chi connectivity index (χ3n) is 4.68. The second kappa shape index (κ2) is 11.0. The lowest BCUT2D eigenvalue weighted by Gasteiger charge is -2.28. The molecule has 0 radical (unpaired) electrons. The molecule has 0 spiro atoms. The highest BCUT2D eigenvalue weighted by molar-refractivity contribution is 7.99. The second-order valence-electron chi connectivity index (χ2n) is 7.46. The molecule has 0 aliphatic carbocycles. The maximum atomic E-state index is 13.0. The number of aromatic nitrogens is 3. The van der Waals surface area contributed by atoms with Crippen molar-refractivity contribution < 1.29 is 9.53 Å². The second-order valence-corrected chi connectivity index (χ2v) is 8.41. The summed E-state index contributed by atoms with van der Waals surface area (Å²) >= 11 is 1.40. The largest absolute Gasteiger partial charge is 0.378 e. The average molecular weight is 429 g/mol. The molecular weight excluding hydrogens is 400 g/mol. The normalized spacial score (nSPS) is 14.0. The first-order chi connectivity index (χ1) is 14.6. The fourth-order valence-corrected chi connectivity index (χ4v) is 4.10. The lowest BCUT2D eigenvalue weighted by Crippen LogP contribution is -2.38. The predicted octanol–water partition coefficient (Wildman–Crippen LogP) is 2.81. The molecule has 0 bridgehead atoms. The molecule has 2 aromatic rings.